The summed E-state index contributed by atoms with van der Waals surface area (Å²) in [5.74, 6) is 0.974. The van der Waals surface area contributed by atoms with E-state index in [4.69, 9.17) is 5.11 Å². The molecule has 0 atom stereocenters. The predicted octanol–water partition coefficient (Wildman–Crippen LogP) is 4.91. The monoisotopic (exact) mass is 318 g/mol. The van der Waals surface area contributed by atoms with Gasteiger partial charge in [0, 0.05) is 17.9 Å². The molecule has 0 unspecified atom stereocenters. The predicted molar refractivity (Wildman–Crippen MR) is 89.0 cm³/mol. The first-order chi connectivity index (χ1) is 9.99. The molecule has 0 aromatic carbocycles. The van der Waals surface area contributed by atoms with Crippen LogP contribution in [0.4, 0.5) is 0 Å². The van der Waals surface area contributed by atoms with Crippen molar-refractivity contribution in [3.63, 3.8) is 0 Å². The SMILES string of the molecule is O=C(O)CCCCCCCCC=CC1CCS(O)(O)CC1. The first-order valence-electron chi connectivity index (χ1n) is 8.12. The van der Waals surface area contributed by atoms with Crippen LogP contribution in [0.5, 0.6) is 0 Å². The Kier molecular flexibility index (Phi) is 9.04. The molecule has 0 saturated carbocycles. The zero-order valence-corrected chi connectivity index (χ0v) is 13.7. The molecule has 0 radical (unpaired) electrons. The van der Waals surface area contributed by atoms with Gasteiger partial charge >= 0.3 is 5.97 Å². The normalized spacial score (nSPS) is 20.7. The molecule has 1 fully saturated rings. The molecule has 21 heavy (non-hydrogen) atoms. The summed E-state index contributed by atoms with van der Waals surface area (Å²) in [6, 6.07) is 0. The largest absolute Gasteiger partial charge is 0.481 e. The van der Waals surface area contributed by atoms with Crippen LogP contribution in [-0.2, 0) is 4.79 Å². The zero-order chi connectivity index (χ0) is 15.6. The minimum atomic E-state index is -2.24. The van der Waals surface area contributed by atoms with Crippen LogP contribution >= 0.6 is 10.6 Å². The third-order valence-corrected chi connectivity index (χ3v) is 5.83. The van der Waals surface area contributed by atoms with E-state index in [2.05, 4.69) is 12.2 Å². The van der Waals surface area contributed by atoms with Crippen molar-refractivity contribution in [2.24, 2.45) is 5.92 Å². The Morgan fingerprint density at radius 1 is 1.00 bits per heavy atom. The van der Waals surface area contributed by atoms with Gasteiger partial charge in [0.25, 0.3) is 0 Å². The Morgan fingerprint density at radius 2 is 1.57 bits per heavy atom. The number of carbonyl (C=O) groups is 1. The summed E-state index contributed by atoms with van der Waals surface area (Å²) >= 11 is 0. The lowest BCUT2D eigenvalue weighted by Gasteiger charge is -2.38. The van der Waals surface area contributed by atoms with E-state index < -0.39 is 16.6 Å². The summed E-state index contributed by atoms with van der Waals surface area (Å²) < 4.78 is 19.1. The van der Waals surface area contributed by atoms with E-state index >= 15 is 0 Å². The second-order valence-corrected chi connectivity index (χ2v) is 8.45. The van der Waals surface area contributed by atoms with Crippen molar-refractivity contribution in [2.45, 2.75) is 64.2 Å². The fraction of sp³-hybridized carbons (Fsp3) is 0.812. The maximum absolute atomic E-state index is 10.3. The molecule has 4 nitrogen and oxygen atoms in total. The van der Waals surface area contributed by atoms with Gasteiger partial charge < -0.3 is 5.11 Å². The van der Waals surface area contributed by atoms with Crippen molar-refractivity contribution >= 4 is 16.6 Å². The average molecular weight is 318 g/mol. The molecule has 1 aliphatic heterocycles. The van der Waals surface area contributed by atoms with Crippen LogP contribution in [0.25, 0.3) is 0 Å². The molecule has 0 aliphatic carbocycles. The summed E-state index contributed by atoms with van der Waals surface area (Å²) in [7, 11) is -2.24. The molecule has 3 N–H and O–H groups in total. The number of hydrogen-bond acceptors (Lipinski definition) is 3. The molecular weight excluding hydrogens is 288 g/mol. The van der Waals surface area contributed by atoms with Gasteiger partial charge in [-0.2, -0.15) is 10.6 Å². The summed E-state index contributed by atoms with van der Waals surface area (Å²) in [4.78, 5) is 10.3. The Hall–Kier alpha value is -0.520. The van der Waals surface area contributed by atoms with Crippen LogP contribution in [0.1, 0.15) is 64.2 Å². The van der Waals surface area contributed by atoms with E-state index in [1.807, 2.05) is 0 Å². The third-order valence-electron chi connectivity index (χ3n) is 4.05. The van der Waals surface area contributed by atoms with Gasteiger partial charge in [0.05, 0.1) is 0 Å². The van der Waals surface area contributed by atoms with Crippen molar-refractivity contribution in [1.82, 2.24) is 0 Å². The number of carboxylic acid groups (broad SMARTS) is 1. The minimum Gasteiger partial charge on any atom is -0.481 e. The number of carboxylic acids is 1. The van der Waals surface area contributed by atoms with Crippen LogP contribution in [0.2, 0.25) is 0 Å². The van der Waals surface area contributed by atoms with Crippen LogP contribution in [0.3, 0.4) is 0 Å². The van der Waals surface area contributed by atoms with Gasteiger partial charge in [-0.1, -0.05) is 37.8 Å². The maximum atomic E-state index is 10.3. The Labute approximate surface area is 130 Å². The molecule has 1 rings (SSSR count). The average Bonchev–Trinajstić information content (AvgIpc) is 2.42. The first kappa shape index (κ1) is 18.5. The highest BCUT2D eigenvalue weighted by Crippen LogP contribution is 2.45. The standard InChI is InChI=1S/C16H30O4S/c17-16(18)10-8-6-4-2-1-3-5-7-9-15-11-13-21(19,20)14-12-15/h7,9,15,19-20H,1-6,8,10-14H2,(H,17,18). The molecule has 1 heterocycles. The lowest BCUT2D eigenvalue weighted by atomic mass is 10.0. The fourth-order valence-corrected chi connectivity index (χ4v) is 4.22. The van der Waals surface area contributed by atoms with Crippen LogP contribution in [-0.4, -0.2) is 31.7 Å². The van der Waals surface area contributed by atoms with Gasteiger partial charge in [0.15, 0.2) is 0 Å². The van der Waals surface area contributed by atoms with Gasteiger partial charge in [0.2, 0.25) is 0 Å². The van der Waals surface area contributed by atoms with Crippen molar-refractivity contribution in [1.29, 1.82) is 0 Å². The lowest BCUT2D eigenvalue weighted by molar-refractivity contribution is -0.137. The van der Waals surface area contributed by atoms with E-state index in [1.54, 1.807) is 0 Å². The van der Waals surface area contributed by atoms with Crippen molar-refractivity contribution in [2.75, 3.05) is 11.5 Å². The summed E-state index contributed by atoms with van der Waals surface area (Å²) in [5, 5.41) is 8.52. The zero-order valence-electron chi connectivity index (χ0n) is 12.9. The highest BCUT2D eigenvalue weighted by Gasteiger charge is 2.21. The Balaban J connectivity index is 1.90. The molecule has 0 aromatic heterocycles. The van der Waals surface area contributed by atoms with Crippen LogP contribution in [0.15, 0.2) is 12.2 Å². The molecule has 0 amide bonds. The highest BCUT2D eigenvalue weighted by molar-refractivity contribution is 8.24. The maximum Gasteiger partial charge on any atom is 0.303 e. The van der Waals surface area contributed by atoms with Crippen LogP contribution < -0.4 is 0 Å². The van der Waals surface area contributed by atoms with Crippen molar-refractivity contribution in [3.05, 3.63) is 12.2 Å². The highest BCUT2D eigenvalue weighted by atomic mass is 32.3. The number of unbranched alkanes of at least 4 members (excludes halogenated alkanes) is 6. The summed E-state index contributed by atoms with van der Waals surface area (Å²) in [6.45, 7) is 0. The fourth-order valence-electron chi connectivity index (χ4n) is 2.65. The Morgan fingerprint density at radius 3 is 2.19 bits per heavy atom. The van der Waals surface area contributed by atoms with Crippen molar-refractivity contribution in [3.8, 4) is 0 Å². The number of allylic oxidation sites excluding steroid dienone is 2. The van der Waals surface area contributed by atoms with Crippen molar-refractivity contribution < 1.29 is 19.0 Å². The van der Waals surface area contributed by atoms with E-state index in [0.717, 1.165) is 38.5 Å². The summed E-state index contributed by atoms with van der Waals surface area (Å²) in [5.41, 5.74) is 0. The molecular formula is C16H30O4S. The first-order valence-corrected chi connectivity index (χ1v) is 10.0. The van der Waals surface area contributed by atoms with Gasteiger partial charge in [-0.3, -0.25) is 13.9 Å². The van der Waals surface area contributed by atoms with E-state index in [-0.39, 0.29) is 0 Å². The minimum absolute atomic E-state index is 0.300. The number of aliphatic carboxylic acids is 1. The number of hydrogen-bond donors (Lipinski definition) is 3. The Bertz CT molecular complexity index is 318. The van der Waals surface area contributed by atoms with E-state index in [1.165, 1.54) is 19.3 Å². The molecule has 0 bridgehead atoms. The second-order valence-electron chi connectivity index (χ2n) is 6.03. The quantitative estimate of drug-likeness (QED) is 0.395. The van der Waals surface area contributed by atoms with Gasteiger partial charge in [-0.15, -0.1) is 0 Å². The topological polar surface area (TPSA) is 77.8 Å². The van der Waals surface area contributed by atoms with Gasteiger partial charge in [-0.05, 0) is 38.0 Å². The molecule has 1 saturated heterocycles. The third kappa shape index (κ3) is 9.93. The van der Waals surface area contributed by atoms with Gasteiger partial charge in [-0.25, -0.2) is 0 Å². The molecule has 5 heteroatoms. The van der Waals surface area contributed by atoms with Crippen LogP contribution in [0, 0.1) is 5.92 Å². The second kappa shape index (κ2) is 10.2. The van der Waals surface area contributed by atoms with E-state index in [9.17, 15) is 13.9 Å². The van der Waals surface area contributed by atoms with E-state index in [0.29, 0.717) is 23.8 Å². The molecule has 0 aromatic rings. The summed E-state index contributed by atoms with van der Waals surface area (Å²) in [6.07, 6.45) is 14.3. The molecule has 1 aliphatic rings. The smallest absolute Gasteiger partial charge is 0.303 e. The van der Waals surface area contributed by atoms with Gasteiger partial charge in [0.1, 0.15) is 0 Å². The molecule has 0 spiro atoms. The lowest BCUT2D eigenvalue weighted by Crippen LogP contribution is -2.19. The number of rotatable bonds is 10. The molecule has 124 valence electrons.